The Labute approximate surface area is 196 Å². The summed E-state index contributed by atoms with van der Waals surface area (Å²) < 4.78 is 5.18. The van der Waals surface area contributed by atoms with Gasteiger partial charge in [-0.3, -0.25) is 24.1 Å². The number of nitrogens with zero attached hydrogens (tertiary/aromatic N) is 1. The molecule has 2 aromatic rings. The lowest BCUT2D eigenvalue weighted by Gasteiger charge is -2.42. The molecule has 10 heteroatoms. The van der Waals surface area contributed by atoms with Gasteiger partial charge in [-0.1, -0.05) is 17.4 Å². The topological polar surface area (TPSA) is 96.5 Å². The smallest absolute Gasteiger partial charge is 0.326 e. The number of carbonyl (C=O) groups is 3. The minimum absolute atomic E-state index is 0.0569. The molecule has 0 spiro atoms. The summed E-state index contributed by atoms with van der Waals surface area (Å²) in [4.78, 5) is 57.4. The van der Waals surface area contributed by atoms with Crippen molar-refractivity contribution in [3.63, 3.8) is 0 Å². The van der Waals surface area contributed by atoms with Crippen LogP contribution in [0.5, 0.6) is 0 Å². The molecule has 1 saturated heterocycles. The van der Waals surface area contributed by atoms with E-state index in [4.69, 9.17) is 4.74 Å². The van der Waals surface area contributed by atoms with Crippen LogP contribution in [0.3, 0.4) is 0 Å². The van der Waals surface area contributed by atoms with Crippen LogP contribution in [0.1, 0.15) is 35.9 Å². The number of H-pyrrole nitrogens is 1. The summed E-state index contributed by atoms with van der Waals surface area (Å²) in [5, 5.41) is 3.13. The van der Waals surface area contributed by atoms with Crippen molar-refractivity contribution in [2.45, 2.75) is 42.6 Å². The molecule has 32 heavy (non-hydrogen) atoms. The van der Waals surface area contributed by atoms with Crippen LogP contribution in [-0.2, 0) is 19.1 Å². The molecule has 0 aromatic carbocycles. The quantitative estimate of drug-likeness (QED) is 0.523. The third-order valence-corrected chi connectivity index (χ3v) is 10.9. The van der Waals surface area contributed by atoms with Gasteiger partial charge < -0.3 is 9.72 Å². The monoisotopic (exact) mass is 490 g/mol. The number of hydrogen-bond acceptors (Lipinski definition) is 8. The lowest BCUT2D eigenvalue weighted by Crippen LogP contribution is -2.42. The maximum Gasteiger partial charge on any atom is 0.326 e. The van der Waals surface area contributed by atoms with Gasteiger partial charge in [0.2, 0.25) is 11.8 Å². The number of rotatable bonds is 4. The van der Waals surface area contributed by atoms with E-state index in [0.717, 1.165) is 21.2 Å². The Hall–Kier alpha value is -1.91. The van der Waals surface area contributed by atoms with Gasteiger partial charge in [-0.05, 0) is 49.5 Å². The van der Waals surface area contributed by atoms with Crippen molar-refractivity contribution in [2.75, 3.05) is 6.54 Å². The van der Waals surface area contributed by atoms with E-state index in [1.807, 2.05) is 11.4 Å². The molecule has 0 unspecified atom stereocenters. The molecule has 2 aliphatic heterocycles. The first-order valence-corrected chi connectivity index (χ1v) is 13.4. The number of esters is 1. The summed E-state index contributed by atoms with van der Waals surface area (Å²) in [7, 11) is 0. The third kappa shape index (κ3) is 2.85. The van der Waals surface area contributed by atoms with Crippen LogP contribution in [0, 0.1) is 29.6 Å². The molecule has 3 fully saturated rings. The molecule has 7 atom stereocenters. The second kappa shape index (κ2) is 7.30. The summed E-state index contributed by atoms with van der Waals surface area (Å²) >= 11 is 4.62. The van der Waals surface area contributed by atoms with Crippen molar-refractivity contribution in [1.29, 1.82) is 0 Å². The zero-order valence-corrected chi connectivity index (χ0v) is 19.9. The number of likely N-dealkylation sites (tertiary alicyclic amines) is 1. The Morgan fingerprint density at radius 2 is 1.97 bits per heavy atom. The Morgan fingerprint density at radius 1 is 1.22 bits per heavy atom. The molecule has 2 amide bonds. The summed E-state index contributed by atoms with van der Waals surface area (Å²) in [6.45, 7) is 3.19. The number of hydrogen-bond donors (Lipinski definition) is 1. The van der Waals surface area contributed by atoms with Crippen LogP contribution in [0.15, 0.2) is 27.3 Å². The van der Waals surface area contributed by atoms with Gasteiger partial charge in [-0.25, -0.2) is 0 Å². The van der Waals surface area contributed by atoms with Crippen LogP contribution in [0.4, 0.5) is 0 Å². The molecule has 6 rings (SSSR count). The van der Waals surface area contributed by atoms with Gasteiger partial charge in [0.05, 0.1) is 23.0 Å². The van der Waals surface area contributed by atoms with Crippen LogP contribution < -0.4 is 4.87 Å². The Morgan fingerprint density at radius 3 is 2.66 bits per heavy atom. The zero-order chi connectivity index (χ0) is 22.3. The van der Waals surface area contributed by atoms with Gasteiger partial charge >= 0.3 is 10.8 Å². The van der Waals surface area contributed by atoms with E-state index >= 15 is 0 Å². The second-order valence-corrected chi connectivity index (χ2v) is 12.5. The molecule has 4 aliphatic rings. The minimum atomic E-state index is -0.544. The van der Waals surface area contributed by atoms with Gasteiger partial charge in [-0.2, -0.15) is 0 Å². The summed E-state index contributed by atoms with van der Waals surface area (Å²) in [6, 6.07) is 4.13. The molecular formula is C22H22N2O5S3. The molecule has 2 aliphatic carbocycles. The Bertz CT molecular complexity index is 1170. The van der Waals surface area contributed by atoms with Crippen molar-refractivity contribution in [3.8, 4) is 0 Å². The Kier molecular flexibility index (Phi) is 4.71. The van der Waals surface area contributed by atoms with Gasteiger partial charge in [0.1, 0.15) is 6.54 Å². The van der Waals surface area contributed by atoms with E-state index < -0.39 is 5.97 Å². The standard InChI is InChI=1S/C22H22N2O5S3/c1-8(2)29-12(25)7-24-20(26)14-9-6-10(15(14)21(24)27)17-13(9)16(11-4-3-5-30-11)18-19(31-17)23-22(28)32-18/h3-5,8-10,13-17H,6-7H2,1-2H3,(H,23,28)/t9-,10-,13+,14+,15+,16-,17-/m1/s1. The van der Waals surface area contributed by atoms with E-state index in [2.05, 4.69) is 11.1 Å². The fraction of sp³-hybridized carbons (Fsp3) is 0.545. The highest BCUT2D eigenvalue weighted by Crippen LogP contribution is 2.68. The fourth-order valence-electron chi connectivity index (χ4n) is 6.45. The minimum Gasteiger partial charge on any atom is -0.462 e. The van der Waals surface area contributed by atoms with Gasteiger partial charge in [0, 0.05) is 20.9 Å². The molecule has 2 aromatic heterocycles. The molecule has 4 heterocycles. The predicted octanol–water partition coefficient (Wildman–Crippen LogP) is 2.92. The number of nitrogens with one attached hydrogen (secondary N) is 1. The zero-order valence-electron chi connectivity index (χ0n) is 17.5. The van der Waals surface area contributed by atoms with Crippen LogP contribution in [-0.4, -0.2) is 45.6 Å². The van der Waals surface area contributed by atoms with Gasteiger partial charge in [0.25, 0.3) is 0 Å². The van der Waals surface area contributed by atoms with Crippen molar-refractivity contribution in [2.24, 2.45) is 29.6 Å². The molecule has 0 radical (unpaired) electrons. The number of carbonyl (C=O) groups excluding carboxylic acids is 3. The number of aromatic nitrogens is 1. The Balaban J connectivity index is 1.36. The highest BCUT2D eigenvalue weighted by molar-refractivity contribution is 8.00. The number of fused-ring (bicyclic) bond motifs is 9. The molecule has 2 bridgehead atoms. The molecular weight excluding hydrogens is 468 g/mol. The third-order valence-electron chi connectivity index (χ3n) is 7.32. The summed E-state index contributed by atoms with van der Waals surface area (Å²) in [5.41, 5.74) is 0. The molecule has 2 saturated carbocycles. The van der Waals surface area contributed by atoms with E-state index in [-0.39, 0.29) is 70.1 Å². The normalized spacial score (nSPS) is 34.7. The first-order valence-electron chi connectivity index (χ1n) is 10.8. The van der Waals surface area contributed by atoms with E-state index in [1.54, 1.807) is 36.9 Å². The van der Waals surface area contributed by atoms with E-state index in [0.29, 0.717) is 0 Å². The molecule has 168 valence electrons. The van der Waals surface area contributed by atoms with Crippen molar-refractivity contribution in [1.82, 2.24) is 9.88 Å². The number of ether oxygens (including phenoxy) is 1. The molecule has 1 N–H and O–H groups in total. The number of thioether (sulfide) groups is 1. The SMILES string of the molecule is CC(C)OC(=O)CN1C(=O)[C@H]2[C@H]3C[C@@H]([C@@H]2C1=O)[C@H]1[C@@H](c2cccs2)c2sc(=O)[nH]c2S[C@H]31. The second-order valence-electron chi connectivity index (χ2n) is 9.28. The number of thiazole rings is 1. The highest BCUT2D eigenvalue weighted by Gasteiger charge is 2.69. The predicted molar refractivity (Wildman–Crippen MR) is 121 cm³/mol. The highest BCUT2D eigenvalue weighted by atomic mass is 32.2. The number of imide groups is 1. The van der Waals surface area contributed by atoms with Crippen LogP contribution in [0.25, 0.3) is 0 Å². The van der Waals surface area contributed by atoms with Gasteiger partial charge in [-0.15, -0.1) is 23.1 Å². The van der Waals surface area contributed by atoms with Crippen molar-refractivity contribution >= 4 is 52.2 Å². The fourth-order valence-corrected chi connectivity index (χ4v) is 10.3. The maximum atomic E-state index is 13.4. The lowest BCUT2D eigenvalue weighted by molar-refractivity contribution is -0.155. The van der Waals surface area contributed by atoms with Gasteiger partial charge in [0.15, 0.2) is 0 Å². The van der Waals surface area contributed by atoms with Crippen LogP contribution >= 0.6 is 34.4 Å². The first kappa shape index (κ1) is 20.7. The first-order chi connectivity index (χ1) is 15.3. The number of aromatic amines is 1. The maximum absolute atomic E-state index is 13.4. The number of thiophene rings is 1. The average molecular weight is 491 g/mol. The summed E-state index contributed by atoms with van der Waals surface area (Å²) in [6.07, 6.45) is 0.554. The van der Waals surface area contributed by atoms with Crippen molar-refractivity contribution < 1.29 is 19.1 Å². The molecule has 7 nitrogen and oxygen atoms in total. The van der Waals surface area contributed by atoms with Crippen molar-refractivity contribution in [3.05, 3.63) is 36.9 Å². The number of amides is 2. The lowest BCUT2D eigenvalue weighted by atomic mass is 9.69. The van der Waals surface area contributed by atoms with E-state index in [9.17, 15) is 19.2 Å². The van der Waals surface area contributed by atoms with E-state index in [1.165, 1.54) is 16.2 Å². The largest absolute Gasteiger partial charge is 0.462 e. The summed E-state index contributed by atoms with van der Waals surface area (Å²) in [5.74, 6) is -1.34. The van der Waals surface area contributed by atoms with Crippen LogP contribution in [0.2, 0.25) is 0 Å². The average Bonchev–Trinajstić information content (AvgIpc) is 3.52.